The first-order valence-corrected chi connectivity index (χ1v) is 3.35. The second kappa shape index (κ2) is 3.15. The van der Waals surface area contributed by atoms with Crippen LogP contribution in [0, 0.1) is 0 Å². The number of carbonyl (C=O) groups is 1. The maximum atomic E-state index is 12.5. The van der Waals surface area contributed by atoms with E-state index in [4.69, 9.17) is 5.11 Å². The van der Waals surface area contributed by atoms with Crippen LogP contribution in [0.2, 0.25) is 0 Å². The first-order chi connectivity index (χ1) is 5.09. The fourth-order valence-corrected chi connectivity index (χ4v) is 0.970. The van der Waals surface area contributed by atoms with Crippen molar-refractivity contribution in [2.75, 3.05) is 13.1 Å². The minimum Gasteiger partial charge on any atom is -0.389 e. The highest BCUT2D eigenvalue weighted by Crippen LogP contribution is 2.13. The van der Waals surface area contributed by atoms with Crippen LogP contribution in [0.3, 0.4) is 0 Å². The lowest BCUT2D eigenvalue weighted by Crippen LogP contribution is -2.24. The highest BCUT2D eigenvalue weighted by molar-refractivity contribution is 5.65. The summed E-state index contributed by atoms with van der Waals surface area (Å²) in [5.41, 5.74) is 0. The Kier molecular flexibility index (Phi) is 2.41. The van der Waals surface area contributed by atoms with E-state index in [1.54, 1.807) is 0 Å². The van der Waals surface area contributed by atoms with E-state index in [0.717, 1.165) is 5.06 Å². The lowest BCUT2D eigenvalue weighted by Gasteiger charge is -2.11. The lowest BCUT2D eigenvalue weighted by atomic mass is 10.3. The molecule has 1 rings (SSSR count). The summed E-state index contributed by atoms with van der Waals surface area (Å²) in [4.78, 5) is 14.9. The van der Waals surface area contributed by atoms with Crippen LogP contribution in [-0.4, -0.2) is 41.5 Å². The van der Waals surface area contributed by atoms with Crippen molar-refractivity contribution in [2.45, 2.75) is 19.2 Å². The topological polar surface area (TPSA) is 49.8 Å². The predicted octanol–water partition coefficient (Wildman–Crippen LogP) is -0.521. The van der Waals surface area contributed by atoms with Crippen molar-refractivity contribution in [1.29, 1.82) is 0 Å². The van der Waals surface area contributed by atoms with E-state index in [-0.39, 0.29) is 13.1 Å². The van der Waals surface area contributed by atoms with Crippen LogP contribution < -0.4 is 0 Å². The van der Waals surface area contributed by atoms with Crippen LogP contribution in [0.25, 0.3) is 0 Å². The first kappa shape index (κ1) is 8.42. The molecule has 0 bridgehead atoms. The zero-order valence-electron chi connectivity index (χ0n) is 6.16. The zero-order valence-corrected chi connectivity index (χ0v) is 6.16. The highest BCUT2D eigenvalue weighted by atomic mass is 19.1. The van der Waals surface area contributed by atoms with Crippen LogP contribution in [0.1, 0.15) is 6.92 Å². The van der Waals surface area contributed by atoms with E-state index < -0.39 is 18.2 Å². The third-order valence-corrected chi connectivity index (χ3v) is 1.44. The minimum atomic E-state index is -1.31. The van der Waals surface area contributed by atoms with Gasteiger partial charge in [-0.3, -0.25) is 4.79 Å². The summed E-state index contributed by atoms with van der Waals surface area (Å²) >= 11 is 0. The summed E-state index contributed by atoms with van der Waals surface area (Å²) in [5, 5.41) is 10.00. The van der Waals surface area contributed by atoms with Crippen molar-refractivity contribution in [1.82, 2.24) is 5.06 Å². The first-order valence-electron chi connectivity index (χ1n) is 3.35. The second-order valence-corrected chi connectivity index (χ2v) is 2.51. The summed E-state index contributed by atoms with van der Waals surface area (Å²) < 4.78 is 12.5. The Morgan fingerprint density at radius 3 is 2.73 bits per heavy atom. The fourth-order valence-electron chi connectivity index (χ4n) is 0.970. The number of nitrogens with zero attached hydrogens (tertiary/aromatic N) is 1. The van der Waals surface area contributed by atoms with E-state index in [1.165, 1.54) is 6.92 Å². The van der Waals surface area contributed by atoms with Crippen molar-refractivity contribution in [2.24, 2.45) is 0 Å². The Balaban J connectivity index is 2.35. The van der Waals surface area contributed by atoms with Crippen LogP contribution >= 0.6 is 0 Å². The van der Waals surface area contributed by atoms with Crippen molar-refractivity contribution in [3.05, 3.63) is 0 Å². The third-order valence-electron chi connectivity index (χ3n) is 1.44. The average molecular weight is 163 g/mol. The van der Waals surface area contributed by atoms with E-state index in [9.17, 15) is 9.18 Å². The van der Waals surface area contributed by atoms with Crippen LogP contribution in [0.4, 0.5) is 4.39 Å². The van der Waals surface area contributed by atoms with Gasteiger partial charge in [0.15, 0.2) is 0 Å². The predicted molar refractivity (Wildman–Crippen MR) is 34.2 cm³/mol. The maximum Gasteiger partial charge on any atom is 0.322 e. The molecule has 0 aromatic rings. The molecular formula is C6H10FNO3. The molecule has 11 heavy (non-hydrogen) atoms. The molecular weight excluding hydrogens is 153 g/mol. The van der Waals surface area contributed by atoms with Gasteiger partial charge < -0.3 is 9.94 Å². The maximum absolute atomic E-state index is 12.5. The van der Waals surface area contributed by atoms with Crippen molar-refractivity contribution >= 4 is 5.97 Å². The van der Waals surface area contributed by atoms with Crippen molar-refractivity contribution in [3.63, 3.8) is 0 Å². The molecule has 5 heteroatoms. The molecule has 0 unspecified atom stereocenters. The molecule has 0 amide bonds. The molecule has 1 aliphatic rings. The Morgan fingerprint density at radius 2 is 2.36 bits per heavy atom. The number of aliphatic hydroxyl groups is 1. The minimum absolute atomic E-state index is 0.0409. The number of alkyl halides is 1. The van der Waals surface area contributed by atoms with Gasteiger partial charge in [0.1, 0.15) is 12.3 Å². The summed E-state index contributed by atoms with van der Waals surface area (Å²) in [6.07, 6.45) is -2.34. The summed E-state index contributed by atoms with van der Waals surface area (Å²) in [6, 6.07) is 0. The lowest BCUT2D eigenvalue weighted by molar-refractivity contribution is -0.184. The standard InChI is InChI=1S/C6H10FNO3/c1-4(9)11-8-2-5(7)6(10)3-8/h5-6,10H,2-3H2,1H3/t5-,6-/m1/s1. The molecule has 1 N–H and O–H groups in total. The molecule has 0 aromatic carbocycles. The summed E-state index contributed by atoms with van der Waals surface area (Å²) in [7, 11) is 0. The van der Waals surface area contributed by atoms with Gasteiger partial charge in [0.2, 0.25) is 0 Å². The van der Waals surface area contributed by atoms with E-state index in [1.807, 2.05) is 0 Å². The van der Waals surface area contributed by atoms with Crippen LogP contribution in [-0.2, 0) is 9.63 Å². The fraction of sp³-hybridized carbons (Fsp3) is 0.833. The number of rotatable bonds is 1. The molecule has 1 heterocycles. The Morgan fingerprint density at radius 1 is 1.73 bits per heavy atom. The van der Waals surface area contributed by atoms with E-state index in [0.29, 0.717) is 0 Å². The number of hydrogen-bond donors (Lipinski definition) is 1. The van der Waals surface area contributed by atoms with Gasteiger partial charge in [0.25, 0.3) is 0 Å². The molecule has 2 atom stereocenters. The van der Waals surface area contributed by atoms with Gasteiger partial charge in [-0.2, -0.15) is 0 Å². The van der Waals surface area contributed by atoms with Gasteiger partial charge in [-0.15, -0.1) is 5.06 Å². The van der Waals surface area contributed by atoms with Gasteiger partial charge in [0, 0.05) is 6.92 Å². The highest BCUT2D eigenvalue weighted by Gasteiger charge is 2.32. The molecule has 64 valence electrons. The molecule has 1 aliphatic heterocycles. The Hall–Kier alpha value is -0.680. The number of hydroxylamine groups is 2. The summed E-state index contributed by atoms with van der Waals surface area (Å²) in [6.45, 7) is 1.25. The quantitative estimate of drug-likeness (QED) is 0.565. The monoisotopic (exact) mass is 163 g/mol. The van der Waals surface area contributed by atoms with Gasteiger partial charge in [-0.1, -0.05) is 0 Å². The molecule has 4 nitrogen and oxygen atoms in total. The number of aliphatic hydroxyl groups excluding tert-OH is 1. The van der Waals surface area contributed by atoms with Crippen molar-refractivity contribution < 1.29 is 19.1 Å². The molecule has 0 saturated carbocycles. The van der Waals surface area contributed by atoms with Crippen molar-refractivity contribution in [3.8, 4) is 0 Å². The Labute approximate surface area is 63.5 Å². The van der Waals surface area contributed by atoms with Gasteiger partial charge in [-0.05, 0) is 0 Å². The largest absolute Gasteiger partial charge is 0.389 e. The van der Waals surface area contributed by atoms with Gasteiger partial charge in [-0.25, -0.2) is 4.39 Å². The van der Waals surface area contributed by atoms with E-state index >= 15 is 0 Å². The van der Waals surface area contributed by atoms with Gasteiger partial charge in [0.05, 0.1) is 13.1 Å². The molecule has 1 saturated heterocycles. The normalized spacial score (nSPS) is 32.3. The Bertz CT molecular complexity index is 154. The molecule has 0 spiro atoms. The molecule has 1 fully saturated rings. The molecule has 0 radical (unpaired) electrons. The van der Waals surface area contributed by atoms with E-state index in [2.05, 4.69) is 4.84 Å². The molecule has 0 aliphatic carbocycles. The summed E-state index contributed by atoms with van der Waals surface area (Å²) in [5.74, 6) is -0.494. The third kappa shape index (κ3) is 2.13. The van der Waals surface area contributed by atoms with Crippen LogP contribution in [0.5, 0.6) is 0 Å². The smallest absolute Gasteiger partial charge is 0.322 e. The number of β-amino-alcohol motifs (C(OH)–C–C–N with tert-alkyl or cyclic N) is 1. The zero-order chi connectivity index (χ0) is 8.43. The van der Waals surface area contributed by atoms with Crippen LogP contribution in [0.15, 0.2) is 0 Å². The molecule has 0 aromatic heterocycles. The number of hydrogen-bond acceptors (Lipinski definition) is 4. The van der Waals surface area contributed by atoms with Gasteiger partial charge >= 0.3 is 5.97 Å². The number of halogens is 1. The average Bonchev–Trinajstić information content (AvgIpc) is 2.10. The number of carbonyl (C=O) groups excluding carboxylic acids is 1. The SMILES string of the molecule is CC(=O)ON1C[C@@H](O)[C@H](F)C1. The second-order valence-electron chi connectivity index (χ2n) is 2.51.